The number of aryl methyl sites for hydroxylation is 2. The standard InChI is InChI=1S/C22H30N2O4S/c1-5-28-21-14-13-20(15-17(21)2)29(26,27)24(4)16-22(25)23-18(3)11-12-19-9-7-6-8-10-19/h6-10,13-15,18H,5,11-12,16H2,1-4H3,(H,23,25)/t18-/m0/s1. The molecular weight excluding hydrogens is 388 g/mol. The van der Waals surface area contributed by atoms with E-state index in [0.29, 0.717) is 12.4 Å². The molecule has 0 aromatic heterocycles. The molecule has 2 rings (SSSR count). The van der Waals surface area contributed by atoms with Crippen molar-refractivity contribution in [1.29, 1.82) is 0 Å². The normalized spacial score (nSPS) is 12.6. The number of carbonyl (C=O) groups excluding carboxylic acids is 1. The fourth-order valence-corrected chi connectivity index (χ4v) is 4.20. The van der Waals surface area contributed by atoms with E-state index in [1.807, 2.05) is 44.2 Å². The van der Waals surface area contributed by atoms with Crippen molar-refractivity contribution in [3.63, 3.8) is 0 Å². The summed E-state index contributed by atoms with van der Waals surface area (Å²) in [7, 11) is -2.35. The van der Waals surface area contributed by atoms with Gasteiger partial charge in [-0.05, 0) is 62.9 Å². The maximum absolute atomic E-state index is 12.8. The zero-order chi connectivity index (χ0) is 21.4. The SMILES string of the molecule is CCOc1ccc(S(=O)(=O)N(C)CC(=O)N[C@@H](C)CCc2ccccc2)cc1C. The summed E-state index contributed by atoms with van der Waals surface area (Å²) in [6.07, 6.45) is 1.63. The Morgan fingerprint density at radius 2 is 1.86 bits per heavy atom. The monoisotopic (exact) mass is 418 g/mol. The molecule has 1 amide bonds. The van der Waals surface area contributed by atoms with Gasteiger partial charge in [0.15, 0.2) is 0 Å². The minimum Gasteiger partial charge on any atom is -0.494 e. The number of nitrogens with zero attached hydrogens (tertiary/aromatic N) is 1. The average Bonchev–Trinajstić information content (AvgIpc) is 2.68. The minimum atomic E-state index is -3.76. The van der Waals surface area contributed by atoms with Gasteiger partial charge in [-0.15, -0.1) is 0 Å². The zero-order valence-corrected chi connectivity index (χ0v) is 18.3. The molecule has 0 saturated heterocycles. The summed E-state index contributed by atoms with van der Waals surface area (Å²) in [5, 5.41) is 2.88. The molecule has 7 heteroatoms. The smallest absolute Gasteiger partial charge is 0.243 e. The summed E-state index contributed by atoms with van der Waals surface area (Å²) in [6, 6.07) is 14.7. The molecular formula is C22H30N2O4S. The molecule has 0 heterocycles. The zero-order valence-electron chi connectivity index (χ0n) is 17.5. The van der Waals surface area contributed by atoms with E-state index in [9.17, 15) is 13.2 Å². The summed E-state index contributed by atoms with van der Waals surface area (Å²) in [5.74, 6) is 0.332. The molecule has 0 aliphatic heterocycles. The number of hydrogen-bond acceptors (Lipinski definition) is 4. The van der Waals surface area contributed by atoms with Crippen LogP contribution in [0.5, 0.6) is 5.75 Å². The summed E-state index contributed by atoms with van der Waals surface area (Å²) >= 11 is 0. The van der Waals surface area contributed by atoms with Gasteiger partial charge in [0.25, 0.3) is 0 Å². The van der Waals surface area contributed by atoms with Crippen molar-refractivity contribution in [2.75, 3.05) is 20.2 Å². The second kappa shape index (κ2) is 10.4. The van der Waals surface area contributed by atoms with Gasteiger partial charge >= 0.3 is 0 Å². The predicted octanol–water partition coefficient (Wildman–Crippen LogP) is 3.15. The van der Waals surface area contributed by atoms with Crippen LogP contribution in [0.3, 0.4) is 0 Å². The van der Waals surface area contributed by atoms with Gasteiger partial charge in [-0.3, -0.25) is 4.79 Å². The highest BCUT2D eigenvalue weighted by molar-refractivity contribution is 7.89. The first-order chi connectivity index (χ1) is 13.7. The number of nitrogens with one attached hydrogen (secondary N) is 1. The highest BCUT2D eigenvalue weighted by Crippen LogP contribution is 2.23. The van der Waals surface area contributed by atoms with Gasteiger partial charge in [0.1, 0.15) is 5.75 Å². The molecule has 2 aromatic carbocycles. The molecule has 0 fully saturated rings. The van der Waals surface area contributed by atoms with Gasteiger partial charge in [0.05, 0.1) is 18.0 Å². The third kappa shape index (κ3) is 6.58. The van der Waals surface area contributed by atoms with Crippen LogP contribution in [-0.4, -0.2) is 44.9 Å². The van der Waals surface area contributed by atoms with Gasteiger partial charge in [-0.2, -0.15) is 4.31 Å². The maximum atomic E-state index is 12.8. The molecule has 2 aromatic rings. The van der Waals surface area contributed by atoms with Crippen LogP contribution in [0.2, 0.25) is 0 Å². The first-order valence-electron chi connectivity index (χ1n) is 9.77. The second-order valence-corrected chi connectivity index (χ2v) is 9.16. The third-order valence-corrected chi connectivity index (χ3v) is 6.44. The Labute approximate surface area is 173 Å². The average molecular weight is 419 g/mol. The molecule has 0 unspecified atom stereocenters. The van der Waals surface area contributed by atoms with Crippen molar-refractivity contribution in [2.24, 2.45) is 0 Å². The van der Waals surface area contributed by atoms with Crippen LogP contribution >= 0.6 is 0 Å². The Hall–Kier alpha value is -2.38. The van der Waals surface area contributed by atoms with Gasteiger partial charge < -0.3 is 10.1 Å². The molecule has 6 nitrogen and oxygen atoms in total. The highest BCUT2D eigenvalue weighted by atomic mass is 32.2. The van der Waals surface area contributed by atoms with Gasteiger partial charge in [0, 0.05) is 13.1 Å². The van der Waals surface area contributed by atoms with Crippen LogP contribution in [0.25, 0.3) is 0 Å². The van der Waals surface area contributed by atoms with Crippen molar-refractivity contribution in [3.8, 4) is 5.75 Å². The molecule has 0 aliphatic carbocycles. The molecule has 158 valence electrons. The molecule has 0 spiro atoms. The first kappa shape index (κ1) is 22.9. The number of ether oxygens (including phenoxy) is 1. The van der Waals surface area contributed by atoms with Crippen LogP contribution < -0.4 is 10.1 Å². The predicted molar refractivity (Wildman–Crippen MR) is 115 cm³/mol. The fraction of sp³-hybridized carbons (Fsp3) is 0.409. The Morgan fingerprint density at radius 1 is 1.17 bits per heavy atom. The third-order valence-electron chi connectivity index (χ3n) is 4.64. The summed E-state index contributed by atoms with van der Waals surface area (Å²) in [4.78, 5) is 12.5. The number of rotatable bonds is 10. The lowest BCUT2D eigenvalue weighted by molar-refractivity contribution is -0.121. The quantitative estimate of drug-likeness (QED) is 0.643. The van der Waals surface area contributed by atoms with Crippen LogP contribution in [0.1, 0.15) is 31.4 Å². The number of sulfonamides is 1. The van der Waals surface area contributed by atoms with E-state index < -0.39 is 10.0 Å². The Bertz CT molecular complexity index is 914. The number of amides is 1. The molecule has 1 N–H and O–H groups in total. The van der Waals surface area contributed by atoms with Crippen LogP contribution in [-0.2, 0) is 21.2 Å². The van der Waals surface area contributed by atoms with Gasteiger partial charge in [-0.1, -0.05) is 30.3 Å². The van der Waals surface area contributed by atoms with E-state index in [-0.39, 0.29) is 23.4 Å². The van der Waals surface area contributed by atoms with E-state index in [4.69, 9.17) is 4.74 Å². The van der Waals surface area contributed by atoms with E-state index in [2.05, 4.69) is 5.32 Å². The Balaban J connectivity index is 1.92. The summed E-state index contributed by atoms with van der Waals surface area (Å²) < 4.78 is 32.1. The van der Waals surface area contributed by atoms with Crippen LogP contribution in [0.15, 0.2) is 53.4 Å². The largest absolute Gasteiger partial charge is 0.494 e. The lowest BCUT2D eigenvalue weighted by Crippen LogP contribution is -2.41. The number of carbonyl (C=O) groups is 1. The summed E-state index contributed by atoms with van der Waals surface area (Å²) in [6.45, 7) is 5.87. The number of benzene rings is 2. The Kier molecular flexibility index (Phi) is 8.22. The fourth-order valence-electron chi connectivity index (χ4n) is 2.99. The lowest BCUT2D eigenvalue weighted by Gasteiger charge is -2.20. The van der Waals surface area contributed by atoms with Crippen LogP contribution in [0, 0.1) is 6.92 Å². The second-order valence-electron chi connectivity index (χ2n) is 7.11. The molecule has 0 bridgehead atoms. The molecule has 0 saturated carbocycles. The van der Waals surface area contributed by atoms with Crippen molar-refractivity contribution >= 4 is 15.9 Å². The lowest BCUT2D eigenvalue weighted by atomic mass is 10.1. The van der Waals surface area contributed by atoms with Crippen molar-refractivity contribution in [3.05, 3.63) is 59.7 Å². The molecule has 29 heavy (non-hydrogen) atoms. The molecule has 0 radical (unpaired) electrons. The Morgan fingerprint density at radius 3 is 2.48 bits per heavy atom. The minimum absolute atomic E-state index is 0.0495. The van der Waals surface area contributed by atoms with Gasteiger partial charge in [-0.25, -0.2) is 8.42 Å². The van der Waals surface area contributed by atoms with E-state index >= 15 is 0 Å². The van der Waals surface area contributed by atoms with Gasteiger partial charge in [0.2, 0.25) is 15.9 Å². The van der Waals surface area contributed by atoms with E-state index in [0.717, 1.165) is 22.7 Å². The number of hydrogen-bond donors (Lipinski definition) is 1. The van der Waals surface area contributed by atoms with Crippen molar-refractivity contribution < 1.29 is 17.9 Å². The maximum Gasteiger partial charge on any atom is 0.243 e. The molecule has 0 aliphatic rings. The van der Waals surface area contributed by atoms with E-state index in [1.54, 1.807) is 19.1 Å². The summed E-state index contributed by atoms with van der Waals surface area (Å²) in [5.41, 5.74) is 1.94. The number of likely N-dealkylation sites (N-methyl/N-ethyl adjacent to an activating group) is 1. The van der Waals surface area contributed by atoms with E-state index in [1.165, 1.54) is 18.7 Å². The highest BCUT2D eigenvalue weighted by Gasteiger charge is 2.24. The van der Waals surface area contributed by atoms with Crippen molar-refractivity contribution in [1.82, 2.24) is 9.62 Å². The van der Waals surface area contributed by atoms with Crippen LogP contribution in [0.4, 0.5) is 0 Å². The first-order valence-corrected chi connectivity index (χ1v) is 11.2. The van der Waals surface area contributed by atoms with Crippen molar-refractivity contribution in [2.45, 2.75) is 44.6 Å². The molecule has 1 atom stereocenters. The topological polar surface area (TPSA) is 75.7 Å².